The number of carbonyl (C=O) groups excluding carboxylic acids is 1. The zero-order chi connectivity index (χ0) is 17.2. The molecule has 4 fully saturated rings. The Balaban J connectivity index is 1.45. The summed E-state index contributed by atoms with van der Waals surface area (Å²) in [6.45, 7) is 2.37. The van der Waals surface area contributed by atoms with E-state index in [1.165, 1.54) is 50.1 Å². The first-order chi connectivity index (χ1) is 12.1. The van der Waals surface area contributed by atoms with E-state index >= 15 is 0 Å². The number of nitrogens with zero attached hydrogens (tertiary/aromatic N) is 2. The average molecular weight is 372 g/mol. The molecule has 4 heterocycles. The summed E-state index contributed by atoms with van der Waals surface area (Å²) in [4.78, 5) is 16.2. The average Bonchev–Trinajstić information content (AvgIpc) is 3.28. The largest absolute Gasteiger partial charge is 0.346 e. The highest BCUT2D eigenvalue weighted by molar-refractivity contribution is 7.21. The highest BCUT2D eigenvalue weighted by atomic mass is 35.5. The van der Waals surface area contributed by atoms with Gasteiger partial charge in [-0.3, -0.25) is 9.69 Å². The molecule has 1 aromatic heterocycles. The van der Waals surface area contributed by atoms with Crippen molar-refractivity contribution in [1.29, 1.82) is 5.26 Å². The maximum Gasteiger partial charge on any atom is 0.261 e. The van der Waals surface area contributed by atoms with Gasteiger partial charge in [-0.25, -0.2) is 0 Å². The quantitative estimate of drug-likeness (QED) is 0.873. The number of piperidine rings is 3. The third kappa shape index (κ3) is 2.25. The van der Waals surface area contributed by atoms with Gasteiger partial charge in [0.05, 0.1) is 26.2 Å². The minimum atomic E-state index is -0.00811. The number of amides is 1. The molecule has 3 aliphatic heterocycles. The Bertz CT molecular complexity index is 919. The predicted octanol–water partition coefficient (Wildman–Crippen LogP) is 3.78. The van der Waals surface area contributed by atoms with Crippen molar-refractivity contribution in [2.45, 2.75) is 37.3 Å². The Labute approximate surface area is 155 Å². The van der Waals surface area contributed by atoms with Crippen molar-refractivity contribution in [2.75, 3.05) is 13.1 Å². The number of hydrogen-bond donors (Lipinski definition) is 1. The van der Waals surface area contributed by atoms with E-state index in [-0.39, 0.29) is 17.5 Å². The fraction of sp³-hybridized carbons (Fsp3) is 0.474. The third-order valence-electron chi connectivity index (χ3n) is 6.24. The monoisotopic (exact) mass is 371 g/mol. The summed E-state index contributed by atoms with van der Waals surface area (Å²) in [5, 5.41) is 14.0. The summed E-state index contributed by atoms with van der Waals surface area (Å²) in [5.41, 5.74) is 0.693. The Kier molecular flexibility index (Phi) is 3.40. The molecule has 1 atom stereocenters. The molecule has 2 aromatic rings. The molecule has 4 aliphatic rings. The van der Waals surface area contributed by atoms with Crippen LogP contribution in [0, 0.1) is 17.2 Å². The lowest BCUT2D eigenvalue weighted by Crippen LogP contribution is -2.65. The molecule has 1 amide bonds. The van der Waals surface area contributed by atoms with Crippen LogP contribution in [-0.4, -0.2) is 35.5 Å². The van der Waals surface area contributed by atoms with Crippen molar-refractivity contribution in [1.82, 2.24) is 10.2 Å². The number of carbonyl (C=O) groups is 1. The summed E-state index contributed by atoms with van der Waals surface area (Å²) < 4.78 is 0.801. The molecule has 1 aromatic carbocycles. The van der Waals surface area contributed by atoms with Gasteiger partial charge in [-0.1, -0.05) is 17.7 Å². The van der Waals surface area contributed by atoms with E-state index < -0.39 is 0 Å². The van der Waals surface area contributed by atoms with E-state index in [0.29, 0.717) is 21.4 Å². The van der Waals surface area contributed by atoms with Gasteiger partial charge >= 0.3 is 0 Å². The van der Waals surface area contributed by atoms with Crippen LogP contribution in [0.5, 0.6) is 0 Å². The molecule has 4 nitrogen and oxygen atoms in total. The first kappa shape index (κ1) is 15.6. The minimum Gasteiger partial charge on any atom is -0.346 e. The number of thiophene rings is 1. The molecule has 6 rings (SSSR count). The second-order valence-electron chi connectivity index (χ2n) is 7.44. The second-order valence-corrected chi connectivity index (χ2v) is 8.90. The van der Waals surface area contributed by atoms with Crippen LogP contribution in [0.25, 0.3) is 10.1 Å². The number of nitriles is 1. The second kappa shape index (κ2) is 5.44. The van der Waals surface area contributed by atoms with Gasteiger partial charge in [0.25, 0.3) is 5.91 Å². The van der Waals surface area contributed by atoms with Gasteiger partial charge < -0.3 is 5.32 Å². The Morgan fingerprint density at radius 1 is 1.36 bits per heavy atom. The Morgan fingerprint density at radius 3 is 2.80 bits per heavy atom. The van der Waals surface area contributed by atoms with Crippen molar-refractivity contribution in [3.05, 3.63) is 33.7 Å². The van der Waals surface area contributed by atoms with E-state index in [0.717, 1.165) is 10.1 Å². The minimum absolute atomic E-state index is 0.00811. The zero-order valence-electron chi connectivity index (χ0n) is 13.7. The van der Waals surface area contributed by atoms with Gasteiger partial charge in [0.1, 0.15) is 6.07 Å². The summed E-state index contributed by atoms with van der Waals surface area (Å²) in [7, 11) is 0. The maximum absolute atomic E-state index is 12.9. The summed E-state index contributed by atoms with van der Waals surface area (Å²) in [5.74, 6) is 0.598. The number of nitrogens with one attached hydrogen (secondary N) is 1. The predicted molar refractivity (Wildman–Crippen MR) is 99.1 cm³/mol. The molecular formula is C19H18ClN3OS. The third-order valence-corrected chi connectivity index (χ3v) is 7.72. The standard InChI is InChI=1S/C19H18ClN3OS/c20-14-2-1-12-9-15(25-16(12)13(14)10-21)18(24)22-17-11-3-7-23(8-4-11)19(17)5-6-19/h1-2,9,11,17H,3-8H2,(H,22,24)/t17-/m1/s1. The van der Waals surface area contributed by atoms with Crippen LogP contribution in [0.1, 0.15) is 40.9 Å². The lowest BCUT2D eigenvalue weighted by atomic mass is 9.77. The number of benzene rings is 1. The Hall–Kier alpha value is -1.61. The van der Waals surface area contributed by atoms with Crippen molar-refractivity contribution in [2.24, 2.45) is 5.92 Å². The van der Waals surface area contributed by atoms with Crippen LogP contribution >= 0.6 is 22.9 Å². The molecule has 1 saturated carbocycles. The van der Waals surface area contributed by atoms with E-state index in [9.17, 15) is 10.1 Å². The van der Waals surface area contributed by atoms with Crippen LogP contribution in [0.4, 0.5) is 0 Å². The number of hydrogen-bond acceptors (Lipinski definition) is 4. The molecule has 0 unspecified atom stereocenters. The molecule has 1 spiro atoms. The highest BCUT2D eigenvalue weighted by Gasteiger charge is 2.60. The topological polar surface area (TPSA) is 56.1 Å². The lowest BCUT2D eigenvalue weighted by Gasteiger charge is -2.52. The first-order valence-electron chi connectivity index (χ1n) is 8.80. The molecule has 128 valence electrons. The van der Waals surface area contributed by atoms with Gasteiger partial charge in [-0.15, -0.1) is 11.3 Å². The van der Waals surface area contributed by atoms with E-state index in [1.54, 1.807) is 6.07 Å². The highest BCUT2D eigenvalue weighted by Crippen LogP contribution is 2.53. The van der Waals surface area contributed by atoms with Gasteiger partial charge in [0.2, 0.25) is 0 Å². The Morgan fingerprint density at radius 2 is 2.12 bits per heavy atom. The molecule has 3 saturated heterocycles. The fourth-order valence-corrected chi connectivity index (χ4v) is 6.14. The van der Waals surface area contributed by atoms with Crippen LogP contribution in [-0.2, 0) is 0 Å². The molecule has 1 N–H and O–H groups in total. The van der Waals surface area contributed by atoms with E-state index in [1.807, 2.05) is 12.1 Å². The molecule has 0 radical (unpaired) electrons. The summed E-state index contributed by atoms with van der Waals surface area (Å²) >= 11 is 7.48. The van der Waals surface area contributed by atoms with Crippen LogP contribution < -0.4 is 5.32 Å². The van der Waals surface area contributed by atoms with E-state index in [4.69, 9.17) is 11.6 Å². The smallest absolute Gasteiger partial charge is 0.261 e. The maximum atomic E-state index is 12.9. The first-order valence-corrected chi connectivity index (χ1v) is 10.00. The fourth-order valence-electron chi connectivity index (χ4n) is 4.83. The van der Waals surface area contributed by atoms with Gasteiger partial charge in [-0.2, -0.15) is 5.26 Å². The molecule has 1 aliphatic carbocycles. The molecule has 2 bridgehead atoms. The van der Waals surface area contributed by atoms with Crippen LogP contribution in [0.2, 0.25) is 5.02 Å². The molecule has 6 heteroatoms. The van der Waals surface area contributed by atoms with Gasteiger partial charge in [0.15, 0.2) is 0 Å². The van der Waals surface area contributed by atoms with Crippen LogP contribution in [0.15, 0.2) is 18.2 Å². The van der Waals surface area contributed by atoms with Gasteiger partial charge in [0, 0.05) is 5.54 Å². The van der Waals surface area contributed by atoms with Crippen molar-refractivity contribution < 1.29 is 4.79 Å². The lowest BCUT2D eigenvalue weighted by molar-refractivity contribution is -0.00138. The van der Waals surface area contributed by atoms with Crippen LogP contribution in [0.3, 0.4) is 0 Å². The number of fused-ring (bicyclic) bond motifs is 3. The zero-order valence-corrected chi connectivity index (χ0v) is 15.3. The normalized spacial score (nSPS) is 28.9. The molecule has 25 heavy (non-hydrogen) atoms. The van der Waals surface area contributed by atoms with Crippen molar-refractivity contribution >= 4 is 38.9 Å². The number of rotatable bonds is 2. The summed E-state index contributed by atoms with van der Waals surface area (Å²) in [6, 6.07) is 7.91. The molecular weight excluding hydrogens is 354 g/mol. The number of halogens is 1. The summed E-state index contributed by atoms with van der Waals surface area (Å²) in [6.07, 6.45) is 4.78. The van der Waals surface area contributed by atoms with Crippen molar-refractivity contribution in [3.63, 3.8) is 0 Å². The SMILES string of the molecule is N#Cc1c(Cl)ccc2cc(C(=O)N[C@@H]3C4CCN(CC4)C34CC4)sc12. The van der Waals surface area contributed by atoms with Gasteiger partial charge in [-0.05, 0) is 62.2 Å². The van der Waals surface area contributed by atoms with E-state index in [2.05, 4.69) is 16.3 Å². The van der Waals surface area contributed by atoms with Crippen molar-refractivity contribution in [3.8, 4) is 6.07 Å².